The Hall–Kier alpha value is -2.56. The fourth-order valence-corrected chi connectivity index (χ4v) is 2.36. The van der Waals surface area contributed by atoms with E-state index in [0.29, 0.717) is 12.5 Å². The van der Waals surface area contributed by atoms with Gasteiger partial charge >= 0.3 is 0 Å². The van der Waals surface area contributed by atoms with Crippen LogP contribution in [0.5, 0.6) is 5.75 Å². The predicted molar refractivity (Wildman–Crippen MR) is 87.9 cm³/mol. The lowest BCUT2D eigenvalue weighted by Gasteiger charge is -2.14. The average molecular weight is 296 g/mol. The molecule has 2 N–H and O–H groups in total. The molecule has 0 bridgehead atoms. The van der Waals surface area contributed by atoms with Crippen molar-refractivity contribution in [2.75, 3.05) is 12.3 Å². The molecule has 3 aromatic rings. The van der Waals surface area contributed by atoms with Gasteiger partial charge in [-0.2, -0.15) is 4.98 Å². The van der Waals surface area contributed by atoms with Gasteiger partial charge < -0.3 is 10.5 Å². The van der Waals surface area contributed by atoms with Crippen LogP contribution < -0.4 is 10.5 Å². The summed E-state index contributed by atoms with van der Waals surface area (Å²) in [7, 11) is 0. The van der Waals surface area contributed by atoms with Crippen LogP contribution in [0.1, 0.15) is 19.4 Å². The quantitative estimate of drug-likeness (QED) is 0.802. The van der Waals surface area contributed by atoms with E-state index in [1.807, 2.05) is 18.3 Å². The highest BCUT2D eigenvalue weighted by Crippen LogP contribution is 2.33. The third kappa shape index (κ3) is 2.74. The number of rotatable bonds is 4. The van der Waals surface area contributed by atoms with Gasteiger partial charge in [0.05, 0.1) is 6.61 Å². The second-order valence-corrected chi connectivity index (χ2v) is 5.86. The van der Waals surface area contributed by atoms with Crippen LogP contribution in [-0.4, -0.2) is 21.2 Å². The molecular formula is C17H20N4O. The van der Waals surface area contributed by atoms with Crippen LogP contribution in [0.25, 0.3) is 16.8 Å². The highest BCUT2D eigenvalue weighted by atomic mass is 16.5. The van der Waals surface area contributed by atoms with Gasteiger partial charge in [0.2, 0.25) is 5.95 Å². The zero-order valence-electron chi connectivity index (χ0n) is 13.1. The molecule has 2 heterocycles. The number of aromatic nitrogens is 3. The van der Waals surface area contributed by atoms with Gasteiger partial charge in [-0.3, -0.25) is 0 Å². The van der Waals surface area contributed by atoms with E-state index in [-0.39, 0.29) is 5.95 Å². The number of ether oxygens (including phenoxy) is 1. The van der Waals surface area contributed by atoms with Gasteiger partial charge in [-0.15, -0.1) is 5.10 Å². The number of nitrogens with zero attached hydrogens (tertiary/aromatic N) is 3. The number of hydrogen-bond donors (Lipinski definition) is 1. The van der Waals surface area contributed by atoms with Crippen molar-refractivity contribution in [2.45, 2.75) is 20.8 Å². The van der Waals surface area contributed by atoms with E-state index in [2.05, 4.69) is 49.1 Å². The molecule has 1 aromatic carbocycles. The SMILES string of the molecule is Cc1ccc(-c2cccn3nc(N)nc23)c(OCC(C)C)c1. The fourth-order valence-electron chi connectivity index (χ4n) is 2.36. The average Bonchev–Trinajstić information content (AvgIpc) is 2.85. The topological polar surface area (TPSA) is 65.4 Å². The molecule has 22 heavy (non-hydrogen) atoms. The lowest BCUT2D eigenvalue weighted by atomic mass is 10.0. The Morgan fingerprint density at radius 1 is 1.23 bits per heavy atom. The molecule has 5 heteroatoms. The number of pyridine rings is 1. The maximum absolute atomic E-state index is 6.00. The molecular weight excluding hydrogens is 276 g/mol. The van der Waals surface area contributed by atoms with Crippen molar-refractivity contribution in [3.63, 3.8) is 0 Å². The molecule has 0 saturated heterocycles. The molecule has 3 rings (SSSR count). The van der Waals surface area contributed by atoms with Crippen molar-refractivity contribution in [3.05, 3.63) is 42.1 Å². The Kier molecular flexibility index (Phi) is 3.71. The first-order valence-electron chi connectivity index (χ1n) is 7.39. The Bertz CT molecular complexity index is 808. The highest BCUT2D eigenvalue weighted by Gasteiger charge is 2.13. The Balaban J connectivity index is 2.13. The van der Waals surface area contributed by atoms with Crippen molar-refractivity contribution in [1.82, 2.24) is 14.6 Å². The molecule has 0 spiro atoms. The van der Waals surface area contributed by atoms with Crippen LogP contribution >= 0.6 is 0 Å². The number of nitrogen functional groups attached to an aromatic ring is 1. The van der Waals surface area contributed by atoms with Crippen LogP contribution in [0.15, 0.2) is 36.5 Å². The smallest absolute Gasteiger partial charge is 0.240 e. The van der Waals surface area contributed by atoms with E-state index in [1.54, 1.807) is 4.52 Å². The molecule has 0 aliphatic rings. The van der Waals surface area contributed by atoms with E-state index < -0.39 is 0 Å². The summed E-state index contributed by atoms with van der Waals surface area (Å²) in [5.41, 5.74) is 9.59. The standard InChI is InChI=1S/C17H20N4O/c1-11(2)10-22-15-9-12(3)6-7-13(15)14-5-4-8-21-16(14)19-17(18)20-21/h4-9,11H,10H2,1-3H3,(H2,18,20). The van der Waals surface area contributed by atoms with Gasteiger partial charge in [-0.1, -0.05) is 26.0 Å². The molecule has 0 atom stereocenters. The Labute approximate surface area is 129 Å². The first kappa shape index (κ1) is 14.4. The van der Waals surface area contributed by atoms with E-state index in [9.17, 15) is 0 Å². The van der Waals surface area contributed by atoms with Gasteiger partial charge in [0.15, 0.2) is 5.65 Å². The van der Waals surface area contributed by atoms with Crippen LogP contribution in [0.2, 0.25) is 0 Å². The van der Waals surface area contributed by atoms with E-state index in [4.69, 9.17) is 10.5 Å². The highest BCUT2D eigenvalue weighted by molar-refractivity contribution is 5.82. The predicted octanol–water partition coefficient (Wildman–Crippen LogP) is 3.32. The molecule has 114 valence electrons. The number of anilines is 1. The lowest BCUT2D eigenvalue weighted by molar-refractivity contribution is 0.272. The number of hydrogen-bond acceptors (Lipinski definition) is 4. The lowest BCUT2D eigenvalue weighted by Crippen LogP contribution is -2.05. The van der Waals surface area contributed by atoms with Gasteiger partial charge in [0, 0.05) is 17.3 Å². The summed E-state index contributed by atoms with van der Waals surface area (Å²) in [6.45, 7) is 7.00. The summed E-state index contributed by atoms with van der Waals surface area (Å²) >= 11 is 0. The van der Waals surface area contributed by atoms with Gasteiger partial charge in [-0.05, 0) is 36.6 Å². The van der Waals surface area contributed by atoms with Gasteiger partial charge in [0.25, 0.3) is 0 Å². The third-order valence-electron chi connectivity index (χ3n) is 3.38. The molecule has 0 aliphatic heterocycles. The molecule has 0 unspecified atom stereocenters. The Morgan fingerprint density at radius 3 is 2.82 bits per heavy atom. The first-order valence-corrected chi connectivity index (χ1v) is 7.39. The van der Waals surface area contributed by atoms with Crippen LogP contribution in [-0.2, 0) is 0 Å². The maximum Gasteiger partial charge on any atom is 0.240 e. The summed E-state index contributed by atoms with van der Waals surface area (Å²) in [6, 6.07) is 10.1. The number of aryl methyl sites for hydroxylation is 1. The minimum Gasteiger partial charge on any atom is -0.493 e. The second-order valence-electron chi connectivity index (χ2n) is 5.86. The summed E-state index contributed by atoms with van der Waals surface area (Å²) < 4.78 is 7.69. The van der Waals surface area contributed by atoms with Crippen LogP contribution in [0.3, 0.4) is 0 Å². The molecule has 0 amide bonds. The van der Waals surface area contributed by atoms with Gasteiger partial charge in [0.1, 0.15) is 5.75 Å². The summed E-state index contributed by atoms with van der Waals surface area (Å²) in [5.74, 6) is 1.60. The third-order valence-corrected chi connectivity index (χ3v) is 3.38. The van der Waals surface area contributed by atoms with E-state index >= 15 is 0 Å². The Morgan fingerprint density at radius 2 is 2.05 bits per heavy atom. The van der Waals surface area contributed by atoms with E-state index in [1.165, 1.54) is 0 Å². The monoisotopic (exact) mass is 296 g/mol. The summed E-state index contributed by atoms with van der Waals surface area (Å²) in [5, 5.41) is 4.16. The number of fused-ring (bicyclic) bond motifs is 1. The summed E-state index contributed by atoms with van der Waals surface area (Å²) in [6.07, 6.45) is 1.84. The maximum atomic E-state index is 6.00. The normalized spacial score (nSPS) is 11.3. The van der Waals surface area contributed by atoms with Crippen molar-refractivity contribution >= 4 is 11.6 Å². The molecule has 5 nitrogen and oxygen atoms in total. The molecule has 2 aromatic heterocycles. The zero-order valence-corrected chi connectivity index (χ0v) is 13.1. The second kappa shape index (κ2) is 5.67. The molecule has 0 saturated carbocycles. The number of nitrogens with two attached hydrogens (primary N) is 1. The van der Waals surface area contributed by atoms with Crippen LogP contribution in [0.4, 0.5) is 5.95 Å². The van der Waals surface area contributed by atoms with Gasteiger partial charge in [-0.25, -0.2) is 4.52 Å². The summed E-state index contributed by atoms with van der Waals surface area (Å²) in [4.78, 5) is 4.32. The van der Waals surface area contributed by atoms with Crippen molar-refractivity contribution < 1.29 is 4.74 Å². The van der Waals surface area contributed by atoms with Crippen molar-refractivity contribution in [3.8, 4) is 16.9 Å². The first-order chi connectivity index (χ1) is 10.5. The zero-order chi connectivity index (χ0) is 15.7. The van der Waals surface area contributed by atoms with Crippen molar-refractivity contribution in [1.29, 1.82) is 0 Å². The largest absolute Gasteiger partial charge is 0.493 e. The minimum atomic E-state index is 0.268. The van der Waals surface area contributed by atoms with Crippen molar-refractivity contribution in [2.24, 2.45) is 5.92 Å². The number of benzene rings is 1. The molecule has 0 radical (unpaired) electrons. The molecule has 0 fully saturated rings. The van der Waals surface area contributed by atoms with Crippen LogP contribution in [0, 0.1) is 12.8 Å². The fraction of sp³-hybridized carbons (Fsp3) is 0.294. The minimum absolute atomic E-state index is 0.268. The van der Waals surface area contributed by atoms with E-state index in [0.717, 1.165) is 28.1 Å². The molecule has 0 aliphatic carbocycles.